The van der Waals surface area contributed by atoms with E-state index in [0.29, 0.717) is 18.3 Å². The summed E-state index contributed by atoms with van der Waals surface area (Å²) in [6.07, 6.45) is 0.0872. The molecule has 2 N–H and O–H groups in total. The highest BCUT2D eigenvalue weighted by atomic mass is 16.5. The number of rotatable bonds is 5. The SMILES string of the molecule is CCO[C@H](C)c1ccc(-c2n[nH]c(CO)n2)cc1. The van der Waals surface area contributed by atoms with Crippen LogP contribution in [0.1, 0.15) is 31.3 Å². The summed E-state index contributed by atoms with van der Waals surface area (Å²) in [5, 5.41) is 15.6. The van der Waals surface area contributed by atoms with E-state index in [1.165, 1.54) is 0 Å². The van der Waals surface area contributed by atoms with Crippen LogP contribution in [0.3, 0.4) is 0 Å². The molecule has 0 fully saturated rings. The van der Waals surface area contributed by atoms with Crippen molar-refractivity contribution in [1.29, 1.82) is 0 Å². The number of aliphatic hydroxyl groups is 1. The average Bonchev–Trinajstić information content (AvgIpc) is 2.88. The third kappa shape index (κ3) is 2.75. The first-order valence-corrected chi connectivity index (χ1v) is 5.98. The molecule has 5 heteroatoms. The molecule has 1 atom stereocenters. The van der Waals surface area contributed by atoms with Crippen LogP contribution in [0.5, 0.6) is 0 Å². The van der Waals surface area contributed by atoms with Gasteiger partial charge in [0.1, 0.15) is 6.61 Å². The summed E-state index contributed by atoms with van der Waals surface area (Å²) in [7, 11) is 0. The maximum absolute atomic E-state index is 8.92. The number of aliphatic hydroxyl groups excluding tert-OH is 1. The van der Waals surface area contributed by atoms with E-state index < -0.39 is 0 Å². The first-order valence-electron chi connectivity index (χ1n) is 5.98. The summed E-state index contributed by atoms with van der Waals surface area (Å²) in [6.45, 7) is 4.57. The molecule has 0 amide bonds. The third-order valence-electron chi connectivity index (χ3n) is 2.74. The lowest BCUT2D eigenvalue weighted by molar-refractivity contribution is 0.0764. The minimum Gasteiger partial charge on any atom is -0.388 e. The van der Waals surface area contributed by atoms with Crippen molar-refractivity contribution in [2.24, 2.45) is 0 Å². The van der Waals surface area contributed by atoms with Gasteiger partial charge < -0.3 is 9.84 Å². The number of hydrogen-bond acceptors (Lipinski definition) is 4. The highest BCUT2D eigenvalue weighted by molar-refractivity contribution is 5.55. The minimum atomic E-state index is -0.132. The van der Waals surface area contributed by atoms with Crippen LogP contribution in [-0.2, 0) is 11.3 Å². The van der Waals surface area contributed by atoms with Crippen LogP contribution in [0.4, 0.5) is 0 Å². The number of ether oxygens (including phenoxy) is 1. The van der Waals surface area contributed by atoms with Crippen molar-refractivity contribution in [2.75, 3.05) is 6.61 Å². The quantitative estimate of drug-likeness (QED) is 0.848. The normalized spacial score (nSPS) is 12.6. The van der Waals surface area contributed by atoms with Gasteiger partial charge in [0.25, 0.3) is 0 Å². The molecule has 1 heterocycles. The lowest BCUT2D eigenvalue weighted by atomic mass is 10.1. The smallest absolute Gasteiger partial charge is 0.181 e. The Balaban J connectivity index is 2.16. The molecule has 0 saturated carbocycles. The fourth-order valence-corrected chi connectivity index (χ4v) is 1.74. The Morgan fingerprint density at radius 1 is 1.33 bits per heavy atom. The molecule has 0 radical (unpaired) electrons. The molecule has 0 aliphatic rings. The number of aromatic amines is 1. The van der Waals surface area contributed by atoms with Crippen LogP contribution < -0.4 is 0 Å². The van der Waals surface area contributed by atoms with Gasteiger partial charge in [0, 0.05) is 12.2 Å². The van der Waals surface area contributed by atoms with Crippen LogP contribution in [0.15, 0.2) is 24.3 Å². The maximum atomic E-state index is 8.92. The lowest BCUT2D eigenvalue weighted by Gasteiger charge is -2.11. The third-order valence-corrected chi connectivity index (χ3v) is 2.74. The molecule has 0 aliphatic carbocycles. The van der Waals surface area contributed by atoms with Crippen LogP contribution in [0.2, 0.25) is 0 Å². The van der Waals surface area contributed by atoms with Crippen LogP contribution in [0.25, 0.3) is 11.4 Å². The van der Waals surface area contributed by atoms with E-state index >= 15 is 0 Å². The van der Waals surface area contributed by atoms with Gasteiger partial charge in [0.05, 0.1) is 6.10 Å². The van der Waals surface area contributed by atoms with Crippen LogP contribution in [0, 0.1) is 0 Å². The molecule has 18 heavy (non-hydrogen) atoms. The first kappa shape index (κ1) is 12.7. The Morgan fingerprint density at radius 2 is 2.06 bits per heavy atom. The molecule has 0 aliphatic heterocycles. The molecule has 0 unspecified atom stereocenters. The number of aromatic nitrogens is 3. The Bertz CT molecular complexity index is 493. The van der Waals surface area contributed by atoms with Crippen molar-refractivity contribution < 1.29 is 9.84 Å². The van der Waals surface area contributed by atoms with E-state index in [1.807, 2.05) is 38.1 Å². The largest absolute Gasteiger partial charge is 0.388 e. The second kappa shape index (κ2) is 5.75. The lowest BCUT2D eigenvalue weighted by Crippen LogP contribution is -1.99. The summed E-state index contributed by atoms with van der Waals surface area (Å²) < 4.78 is 5.52. The fraction of sp³-hybridized carbons (Fsp3) is 0.385. The van der Waals surface area contributed by atoms with Gasteiger partial charge in [-0.2, -0.15) is 5.10 Å². The summed E-state index contributed by atoms with van der Waals surface area (Å²) >= 11 is 0. The Labute approximate surface area is 106 Å². The Hall–Kier alpha value is -1.72. The second-order valence-corrected chi connectivity index (χ2v) is 3.98. The molecular weight excluding hydrogens is 230 g/mol. The van der Waals surface area contributed by atoms with Crippen LogP contribution >= 0.6 is 0 Å². The Kier molecular flexibility index (Phi) is 4.07. The van der Waals surface area contributed by atoms with Gasteiger partial charge in [-0.15, -0.1) is 0 Å². The van der Waals surface area contributed by atoms with Crippen LogP contribution in [-0.4, -0.2) is 26.9 Å². The molecule has 0 saturated heterocycles. The van der Waals surface area contributed by atoms with E-state index in [0.717, 1.165) is 11.1 Å². The number of nitrogens with one attached hydrogen (secondary N) is 1. The van der Waals surface area contributed by atoms with Gasteiger partial charge >= 0.3 is 0 Å². The van der Waals surface area contributed by atoms with Gasteiger partial charge in [-0.1, -0.05) is 24.3 Å². The summed E-state index contributed by atoms with van der Waals surface area (Å²) in [6, 6.07) is 7.92. The van der Waals surface area contributed by atoms with E-state index in [-0.39, 0.29) is 12.7 Å². The zero-order chi connectivity index (χ0) is 13.0. The van der Waals surface area contributed by atoms with Gasteiger partial charge in [-0.05, 0) is 19.4 Å². The number of benzene rings is 1. The van der Waals surface area contributed by atoms with Gasteiger partial charge in [-0.3, -0.25) is 5.10 Å². The van der Waals surface area contributed by atoms with Crippen molar-refractivity contribution in [2.45, 2.75) is 26.6 Å². The van der Waals surface area contributed by atoms with Crippen molar-refractivity contribution in [3.8, 4) is 11.4 Å². The van der Waals surface area contributed by atoms with Gasteiger partial charge in [0.2, 0.25) is 0 Å². The second-order valence-electron chi connectivity index (χ2n) is 3.98. The van der Waals surface area contributed by atoms with E-state index in [4.69, 9.17) is 9.84 Å². The minimum absolute atomic E-state index is 0.0872. The van der Waals surface area contributed by atoms with Gasteiger partial charge in [-0.25, -0.2) is 4.98 Å². The molecule has 2 rings (SSSR count). The van der Waals surface area contributed by atoms with Crippen molar-refractivity contribution in [3.63, 3.8) is 0 Å². The topological polar surface area (TPSA) is 71.0 Å². The fourth-order valence-electron chi connectivity index (χ4n) is 1.74. The molecule has 96 valence electrons. The number of hydrogen-bond donors (Lipinski definition) is 2. The highest BCUT2D eigenvalue weighted by Crippen LogP contribution is 2.21. The monoisotopic (exact) mass is 247 g/mol. The van der Waals surface area contributed by atoms with Crippen molar-refractivity contribution in [1.82, 2.24) is 15.2 Å². The zero-order valence-electron chi connectivity index (χ0n) is 10.6. The molecule has 5 nitrogen and oxygen atoms in total. The number of nitrogens with zero attached hydrogens (tertiary/aromatic N) is 2. The summed E-state index contributed by atoms with van der Waals surface area (Å²) in [5.41, 5.74) is 2.04. The standard InChI is InChI=1S/C13H17N3O2/c1-3-18-9(2)10-4-6-11(7-5-10)13-14-12(8-17)15-16-13/h4-7,9,17H,3,8H2,1-2H3,(H,14,15,16)/t9-/m1/s1. The van der Waals surface area contributed by atoms with Gasteiger partial charge in [0.15, 0.2) is 11.6 Å². The molecule has 1 aromatic heterocycles. The number of H-pyrrole nitrogens is 1. The Morgan fingerprint density at radius 3 is 2.61 bits per heavy atom. The van der Waals surface area contributed by atoms with E-state index in [9.17, 15) is 0 Å². The first-order chi connectivity index (χ1) is 8.74. The highest BCUT2D eigenvalue weighted by Gasteiger charge is 2.08. The predicted molar refractivity (Wildman–Crippen MR) is 67.8 cm³/mol. The molecule has 0 bridgehead atoms. The molecule has 1 aromatic carbocycles. The van der Waals surface area contributed by atoms with E-state index in [1.54, 1.807) is 0 Å². The van der Waals surface area contributed by atoms with E-state index in [2.05, 4.69) is 15.2 Å². The summed E-state index contributed by atoms with van der Waals surface area (Å²) in [5.74, 6) is 1.06. The molecular formula is C13H17N3O2. The maximum Gasteiger partial charge on any atom is 0.181 e. The van der Waals surface area contributed by atoms with Crippen molar-refractivity contribution in [3.05, 3.63) is 35.7 Å². The zero-order valence-corrected chi connectivity index (χ0v) is 10.6. The molecule has 0 spiro atoms. The summed E-state index contributed by atoms with van der Waals surface area (Å²) in [4.78, 5) is 4.16. The van der Waals surface area contributed by atoms with Crippen molar-refractivity contribution >= 4 is 0 Å². The predicted octanol–water partition coefficient (Wildman–Crippen LogP) is 2.06. The average molecular weight is 247 g/mol. The molecule has 2 aromatic rings.